The fourth-order valence-corrected chi connectivity index (χ4v) is 1.64. The molecule has 1 radical (unpaired) electrons. The van der Waals surface area contributed by atoms with E-state index in [2.05, 4.69) is 6.07 Å². The number of hydrogen-bond acceptors (Lipinski definition) is 2. The molecule has 87 valence electrons. The molecule has 0 saturated heterocycles. The average Bonchev–Trinajstić information content (AvgIpc) is 2.38. The van der Waals surface area contributed by atoms with Crippen molar-refractivity contribution in [3.63, 3.8) is 0 Å². The molecule has 0 bridgehead atoms. The summed E-state index contributed by atoms with van der Waals surface area (Å²) in [6, 6.07) is 12.8. The van der Waals surface area contributed by atoms with Crippen molar-refractivity contribution >= 4 is 0 Å². The Bertz CT molecular complexity index is 523. The van der Waals surface area contributed by atoms with E-state index in [1.807, 2.05) is 0 Å². The summed E-state index contributed by atoms with van der Waals surface area (Å²) in [5.41, 5.74) is 1.23. The summed E-state index contributed by atoms with van der Waals surface area (Å²) >= 11 is 0. The first kappa shape index (κ1) is 11.5. The Labute approximate surface area is 99.6 Å². The van der Waals surface area contributed by atoms with E-state index in [-0.39, 0.29) is 5.82 Å². The van der Waals surface area contributed by atoms with Gasteiger partial charge in [-0.1, -0.05) is 24.3 Å². The Kier molecular flexibility index (Phi) is 3.28. The van der Waals surface area contributed by atoms with Crippen LogP contribution in [-0.4, -0.2) is 14.2 Å². The van der Waals surface area contributed by atoms with Crippen LogP contribution in [0.25, 0.3) is 11.1 Å². The molecule has 0 aliphatic carbocycles. The first-order chi connectivity index (χ1) is 8.26. The Hall–Kier alpha value is -2.03. The molecule has 17 heavy (non-hydrogen) atoms. The van der Waals surface area contributed by atoms with E-state index in [4.69, 9.17) is 9.47 Å². The molecule has 0 atom stereocenters. The molecule has 0 unspecified atom stereocenters. The molecule has 0 spiro atoms. The largest absolute Gasteiger partial charge is 0.493 e. The normalized spacial score (nSPS) is 10.1. The molecule has 2 aromatic rings. The van der Waals surface area contributed by atoms with Gasteiger partial charge in [0.2, 0.25) is 0 Å². The molecule has 0 heterocycles. The topological polar surface area (TPSA) is 18.5 Å². The zero-order chi connectivity index (χ0) is 12.3. The molecule has 0 aliphatic rings. The Balaban J connectivity index is 2.50. The first-order valence-corrected chi connectivity index (χ1v) is 5.15. The van der Waals surface area contributed by atoms with Gasteiger partial charge in [0.25, 0.3) is 0 Å². The summed E-state index contributed by atoms with van der Waals surface area (Å²) in [5, 5.41) is 0. The zero-order valence-corrected chi connectivity index (χ0v) is 9.66. The maximum absolute atomic E-state index is 13.6. The van der Waals surface area contributed by atoms with Gasteiger partial charge in [0.15, 0.2) is 11.5 Å². The molecule has 2 aromatic carbocycles. The molecular formula is C14H12FO2. The smallest absolute Gasteiger partial charge is 0.161 e. The van der Waals surface area contributed by atoms with Crippen LogP contribution < -0.4 is 9.47 Å². The van der Waals surface area contributed by atoms with E-state index in [1.165, 1.54) is 0 Å². The Morgan fingerprint density at radius 3 is 2.47 bits per heavy atom. The van der Waals surface area contributed by atoms with Crippen molar-refractivity contribution in [2.45, 2.75) is 0 Å². The van der Waals surface area contributed by atoms with Crippen molar-refractivity contribution in [1.29, 1.82) is 0 Å². The molecular weight excluding hydrogens is 219 g/mol. The highest BCUT2D eigenvalue weighted by atomic mass is 19.1. The summed E-state index contributed by atoms with van der Waals surface area (Å²) in [6.45, 7) is 0. The minimum atomic E-state index is -0.375. The predicted molar refractivity (Wildman–Crippen MR) is 63.8 cm³/mol. The summed E-state index contributed by atoms with van der Waals surface area (Å²) in [4.78, 5) is 0. The first-order valence-electron chi connectivity index (χ1n) is 5.15. The van der Waals surface area contributed by atoms with Gasteiger partial charge < -0.3 is 9.47 Å². The van der Waals surface area contributed by atoms with Gasteiger partial charge in [0.1, 0.15) is 5.82 Å². The molecule has 2 nitrogen and oxygen atoms in total. The molecule has 0 fully saturated rings. The van der Waals surface area contributed by atoms with E-state index < -0.39 is 0 Å². The molecule has 2 rings (SSSR count). The molecule has 0 amide bonds. The van der Waals surface area contributed by atoms with Crippen LogP contribution in [-0.2, 0) is 0 Å². The predicted octanol–water partition coefficient (Wildman–Crippen LogP) is 3.31. The van der Waals surface area contributed by atoms with Crippen molar-refractivity contribution in [2.75, 3.05) is 14.2 Å². The number of ether oxygens (including phenoxy) is 2. The van der Waals surface area contributed by atoms with E-state index in [1.54, 1.807) is 50.6 Å². The minimum absolute atomic E-state index is 0.375. The average molecular weight is 231 g/mol. The van der Waals surface area contributed by atoms with Gasteiger partial charge in [0.05, 0.1) is 14.2 Å². The van der Waals surface area contributed by atoms with Gasteiger partial charge in [-0.2, -0.15) is 0 Å². The van der Waals surface area contributed by atoms with E-state index in [0.29, 0.717) is 17.1 Å². The van der Waals surface area contributed by atoms with Crippen molar-refractivity contribution in [3.05, 3.63) is 48.3 Å². The fraction of sp³-hybridized carbons (Fsp3) is 0.143. The van der Waals surface area contributed by atoms with Crippen LogP contribution in [0.3, 0.4) is 0 Å². The fourth-order valence-electron chi connectivity index (χ4n) is 1.64. The van der Waals surface area contributed by atoms with Crippen LogP contribution in [0, 0.1) is 11.9 Å². The molecule has 0 aromatic heterocycles. The van der Waals surface area contributed by atoms with Crippen LogP contribution in [0.5, 0.6) is 11.5 Å². The SMILES string of the molecule is COc1ccc(-c2ccc[c]c2F)cc1OC. The number of benzene rings is 2. The minimum Gasteiger partial charge on any atom is -0.493 e. The molecule has 0 saturated carbocycles. The van der Waals surface area contributed by atoms with Crippen LogP contribution in [0.15, 0.2) is 36.4 Å². The van der Waals surface area contributed by atoms with Gasteiger partial charge in [-0.3, -0.25) is 0 Å². The van der Waals surface area contributed by atoms with Crippen LogP contribution in [0.1, 0.15) is 0 Å². The maximum atomic E-state index is 13.6. The number of methoxy groups -OCH3 is 2. The van der Waals surface area contributed by atoms with Gasteiger partial charge in [0, 0.05) is 11.6 Å². The molecule has 0 aliphatic heterocycles. The van der Waals surface area contributed by atoms with E-state index in [0.717, 1.165) is 5.56 Å². The van der Waals surface area contributed by atoms with Crippen LogP contribution >= 0.6 is 0 Å². The third kappa shape index (κ3) is 2.23. The lowest BCUT2D eigenvalue weighted by Gasteiger charge is -2.10. The van der Waals surface area contributed by atoms with E-state index in [9.17, 15) is 4.39 Å². The number of halogens is 1. The van der Waals surface area contributed by atoms with Crippen molar-refractivity contribution in [2.24, 2.45) is 0 Å². The van der Waals surface area contributed by atoms with Crippen molar-refractivity contribution in [1.82, 2.24) is 0 Å². The number of hydrogen-bond donors (Lipinski definition) is 0. The third-order valence-corrected chi connectivity index (χ3v) is 2.50. The summed E-state index contributed by atoms with van der Waals surface area (Å²) in [7, 11) is 3.11. The lowest BCUT2D eigenvalue weighted by atomic mass is 10.0. The van der Waals surface area contributed by atoms with Gasteiger partial charge >= 0.3 is 0 Å². The second-order valence-corrected chi connectivity index (χ2v) is 3.47. The molecule has 0 N–H and O–H groups in total. The maximum Gasteiger partial charge on any atom is 0.161 e. The third-order valence-electron chi connectivity index (χ3n) is 2.50. The van der Waals surface area contributed by atoms with Crippen LogP contribution in [0.4, 0.5) is 4.39 Å². The highest BCUT2D eigenvalue weighted by Crippen LogP contribution is 2.32. The second kappa shape index (κ2) is 4.87. The van der Waals surface area contributed by atoms with Gasteiger partial charge in [-0.25, -0.2) is 4.39 Å². The van der Waals surface area contributed by atoms with Crippen molar-refractivity contribution < 1.29 is 13.9 Å². The summed E-state index contributed by atoms with van der Waals surface area (Å²) < 4.78 is 23.9. The van der Waals surface area contributed by atoms with Gasteiger partial charge in [-0.15, -0.1) is 0 Å². The van der Waals surface area contributed by atoms with Gasteiger partial charge in [-0.05, 0) is 17.7 Å². The number of rotatable bonds is 3. The van der Waals surface area contributed by atoms with E-state index >= 15 is 0 Å². The summed E-state index contributed by atoms with van der Waals surface area (Å²) in [6.07, 6.45) is 0. The summed E-state index contributed by atoms with van der Waals surface area (Å²) in [5.74, 6) is 0.824. The standard InChI is InChI=1S/C14H12FO2/c1-16-13-8-7-10(9-14(13)17-2)11-5-3-4-6-12(11)15/h3-5,7-9H,1-2H3. The molecule has 3 heteroatoms. The Morgan fingerprint density at radius 2 is 1.82 bits per heavy atom. The quantitative estimate of drug-likeness (QED) is 0.806. The highest BCUT2D eigenvalue weighted by molar-refractivity contribution is 5.67. The van der Waals surface area contributed by atoms with Crippen molar-refractivity contribution in [3.8, 4) is 22.6 Å². The highest BCUT2D eigenvalue weighted by Gasteiger charge is 2.08. The lowest BCUT2D eigenvalue weighted by molar-refractivity contribution is 0.355. The van der Waals surface area contributed by atoms with Crippen LogP contribution in [0.2, 0.25) is 0 Å². The Morgan fingerprint density at radius 1 is 1.06 bits per heavy atom. The second-order valence-electron chi connectivity index (χ2n) is 3.47. The monoisotopic (exact) mass is 231 g/mol. The zero-order valence-electron chi connectivity index (χ0n) is 9.66. The lowest BCUT2D eigenvalue weighted by Crippen LogP contribution is -1.91.